The van der Waals surface area contributed by atoms with E-state index in [0.29, 0.717) is 32.2 Å². The lowest BCUT2D eigenvalue weighted by atomic mass is 9.95. The Kier molecular flexibility index (Phi) is 7.51. The highest BCUT2D eigenvalue weighted by molar-refractivity contribution is 5.68. The molecule has 0 spiro atoms. The predicted octanol–water partition coefficient (Wildman–Crippen LogP) is 3.08. The fourth-order valence-electron chi connectivity index (χ4n) is 5.17. The Hall–Kier alpha value is -2.39. The zero-order chi connectivity index (χ0) is 28.1. The van der Waals surface area contributed by atoms with Crippen LogP contribution in [0.25, 0.3) is 0 Å². The lowest BCUT2D eigenvalue weighted by Gasteiger charge is -2.45. The molecule has 2 bridgehead atoms. The van der Waals surface area contributed by atoms with Crippen LogP contribution in [-0.2, 0) is 15.1 Å². The van der Waals surface area contributed by atoms with Crippen LogP contribution >= 0.6 is 0 Å². The maximum absolute atomic E-state index is 13.3. The fraction of sp³-hybridized carbons (Fsp3) is 0.783. The molecule has 2 unspecified atom stereocenters. The van der Waals surface area contributed by atoms with Crippen LogP contribution in [0, 0.1) is 0 Å². The molecule has 214 valence electrons. The van der Waals surface area contributed by atoms with Crippen molar-refractivity contribution < 1.29 is 45.7 Å². The van der Waals surface area contributed by atoms with Crippen molar-refractivity contribution in [1.29, 1.82) is 0 Å². The van der Waals surface area contributed by atoms with E-state index in [4.69, 9.17) is 9.47 Å². The average Bonchev–Trinajstić information content (AvgIpc) is 3.01. The summed E-state index contributed by atoms with van der Waals surface area (Å²) in [5.41, 5.74) is -7.36. The Morgan fingerprint density at radius 2 is 1.58 bits per heavy atom. The van der Waals surface area contributed by atoms with Gasteiger partial charge in [0, 0.05) is 56.2 Å². The quantitative estimate of drug-likeness (QED) is 0.568. The smallest absolute Gasteiger partial charge is 0.430 e. The summed E-state index contributed by atoms with van der Waals surface area (Å²) in [6, 6.07) is -0.0822. The van der Waals surface area contributed by atoms with Crippen LogP contribution in [0.4, 0.5) is 37.1 Å². The monoisotopic (exact) mass is 555 g/mol. The van der Waals surface area contributed by atoms with Gasteiger partial charge in [-0.05, 0) is 33.6 Å². The molecule has 3 aliphatic rings. The lowest BCUT2D eigenvalue weighted by molar-refractivity contribution is -0.376. The molecule has 3 saturated heterocycles. The number of carbonyl (C=O) groups excluding carboxylic acids is 1. The number of nitrogens with zero attached hydrogens (tertiary/aromatic N) is 5. The van der Waals surface area contributed by atoms with E-state index in [1.807, 2.05) is 0 Å². The lowest BCUT2D eigenvalue weighted by Crippen LogP contribution is -2.61. The van der Waals surface area contributed by atoms with Gasteiger partial charge >= 0.3 is 18.4 Å². The molecule has 15 heteroatoms. The van der Waals surface area contributed by atoms with Crippen LogP contribution in [0.1, 0.15) is 39.2 Å². The number of anilines is 1. The number of piperazine rings is 1. The van der Waals surface area contributed by atoms with E-state index in [1.54, 1.807) is 25.7 Å². The Bertz CT molecular complexity index is 970. The minimum absolute atomic E-state index is 0.102. The van der Waals surface area contributed by atoms with Gasteiger partial charge in [0.15, 0.2) is 0 Å². The number of hydrogen-bond donors (Lipinski definition) is 1. The Morgan fingerprint density at radius 1 is 1.03 bits per heavy atom. The molecule has 0 aliphatic carbocycles. The average molecular weight is 556 g/mol. The normalized spacial score (nSPS) is 25.6. The van der Waals surface area contributed by atoms with Crippen LogP contribution in [0.2, 0.25) is 0 Å². The third-order valence-corrected chi connectivity index (χ3v) is 7.08. The van der Waals surface area contributed by atoms with Gasteiger partial charge in [-0.3, -0.25) is 4.90 Å². The highest BCUT2D eigenvalue weighted by Gasteiger charge is 2.71. The second-order valence-corrected chi connectivity index (χ2v) is 10.9. The van der Waals surface area contributed by atoms with Crippen LogP contribution < -0.4 is 4.90 Å². The summed E-state index contributed by atoms with van der Waals surface area (Å²) in [4.78, 5) is 25.8. The van der Waals surface area contributed by atoms with Crippen LogP contribution in [0.3, 0.4) is 0 Å². The van der Waals surface area contributed by atoms with Crippen LogP contribution in [0.5, 0.6) is 0 Å². The summed E-state index contributed by atoms with van der Waals surface area (Å²) in [6.07, 6.45) is -10.0. The number of ether oxygens (including phenoxy) is 2. The second kappa shape index (κ2) is 9.97. The molecular weight excluding hydrogens is 524 g/mol. The molecule has 1 aromatic heterocycles. The largest absolute Gasteiger partial charge is 0.444 e. The van der Waals surface area contributed by atoms with Gasteiger partial charge in [-0.15, -0.1) is 0 Å². The van der Waals surface area contributed by atoms with Gasteiger partial charge in [0.25, 0.3) is 5.60 Å². The summed E-state index contributed by atoms with van der Waals surface area (Å²) in [6.45, 7) is 7.32. The number of hydrogen-bond acceptors (Lipinski definition) is 8. The van der Waals surface area contributed by atoms with E-state index < -0.39 is 41.3 Å². The van der Waals surface area contributed by atoms with E-state index in [2.05, 4.69) is 14.9 Å². The predicted molar refractivity (Wildman–Crippen MR) is 121 cm³/mol. The third-order valence-electron chi connectivity index (χ3n) is 7.08. The molecule has 0 radical (unpaired) electrons. The molecule has 4 rings (SSSR count). The summed E-state index contributed by atoms with van der Waals surface area (Å²) in [5.74, 6) is -0.102. The van der Waals surface area contributed by atoms with Crippen LogP contribution in [-0.4, -0.2) is 106 Å². The molecular formula is C23H31F6N5O4. The summed E-state index contributed by atoms with van der Waals surface area (Å²) < 4.78 is 90.8. The molecule has 1 amide bonds. The van der Waals surface area contributed by atoms with Crippen molar-refractivity contribution in [3.63, 3.8) is 0 Å². The van der Waals surface area contributed by atoms with Crippen molar-refractivity contribution in [3.05, 3.63) is 18.0 Å². The van der Waals surface area contributed by atoms with Crippen molar-refractivity contribution in [3.8, 4) is 0 Å². The van der Waals surface area contributed by atoms with E-state index in [1.165, 1.54) is 4.90 Å². The first-order valence-electron chi connectivity index (χ1n) is 12.3. The minimum atomic E-state index is -6.03. The first kappa shape index (κ1) is 28.6. The van der Waals surface area contributed by atoms with Crippen molar-refractivity contribution >= 4 is 12.0 Å². The number of aliphatic hydroxyl groups is 1. The Balaban J connectivity index is 1.60. The Labute approximate surface area is 215 Å². The van der Waals surface area contributed by atoms with Gasteiger partial charge in [0.05, 0.1) is 19.3 Å². The molecule has 38 heavy (non-hydrogen) atoms. The molecule has 9 nitrogen and oxygen atoms in total. The third kappa shape index (κ3) is 5.50. The Morgan fingerprint density at radius 3 is 2.08 bits per heavy atom. The van der Waals surface area contributed by atoms with Gasteiger partial charge in [0.2, 0.25) is 5.95 Å². The second-order valence-electron chi connectivity index (χ2n) is 10.9. The zero-order valence-electron chi connectivity index (χ0n) is 21.2. The standard InChI is InChI=1S/C23H31F6N5O4/c1-20(2,3)38-19(35)32-6-7-33(17(10-32)11-34-15-4-5-16(34)13-37-12-15)18-30-8-14(9-31-18)21(36,22(24,25)26)23(27,28)29/h8-9,15-17,36H,4-7,10-13H2,1-3H3/t15?,16?,17-/m1/s1. The highest BCUT2D eigenvalue weighted by Crippen LogP contribution is 2.49. The molecule has 1 aromatic rings. The van der Waals surface area contributed by atoms with Crippen molar-refractivity contribution in [2.24, 2.45) is 0 Å². The molecule has 3 atom stereocenters. The first-order valence-corrected chi connectivity index (χ1v) is 12.3. The maximum atomic E-state index is 13.3. The molecule has 4 heterocycles. The zero-order valence-corrected chi connectivity index (χ0v) is 21.2. The number of amides is 1. The molecule has 1 N–H and O–H groups in total. The molecule has 3 fully saturated rings. The SMILES string of the molecule is CC(C)(C)OC(=O)N1CCN(c2ncc(C(O)(C(F)(F)F)C(F)(F)F)cn2)[C@@H](CN2C3CCC2COC3)C1. The maximum Gasteiger partial charge on any atom is 0.430 e. The van der Waals surface area contributed by atoms with Gasteiger partial charge < -0.3 is 24.4 Å². The number of rotatable bonds is 4. The van der Waals surface area contributed by atoms with Crippen molar-refractivity contribution in [2.75, 3.05) is 44.3 Å². The van der Waals surface area contributed by atoms with Gasteiger partial charge in [-0.1, -0.05) is 0 Å². The van der Waals surface area contributed by atoms with Gasteiger partial charge in [0.1, 0.15) is 5.60 Å². The number of fused-ring (bicyclic) bond motifs is 2. The topological polar surface area (TPSA) is 91.3 Å². The summed E-state index contributed by atoms with van der Waals surface area (Å²) >= 11 is 0. The molecule has 3 aliphatic heterocycles. The van der Waals surface area contributed by atoms with E-state index in [0.717, 1.165) is 12.8 Å². The number of morpholine rings is 1. The summed E-state index contributed by atoms with van der Waals surface area (Å²) in [7, 11) is 0. The minimum Gasteiger partial charge on any atom is -0.444 e. The van der Waals surface area contributed by atoms with Crippen LogP contribution in [0.15, 0.2) is 12.4 Å². The fourth-order valence-corrected chi connectivity index (χ4v) is 5.17. The van der Waals surface area contributed by atoms with E-state index >= 15 is 0 Å². The number of alkyl halides is 6. The van der Waals surface area contributed by atoms with Gasteiger partial charge in [-0.25, -0.2) is 14.8 Å². The molecule has 0 saturated carbocycles. The highest BCUT2D eigenvalue weighted by atomic mass is 19.4. The van der Waals surface area contributed by atoms with Gasteiger partial charge in [-0.2, -0.15) is 26.3 Å². The van der Waals surface area contributed by atoms with Crippen molar-refractivity contribution in [2.45, 2.75) is 75.3 Å². The summed E-state index contributed by atoms with van der Waals surface area (Å²) in [5, 5.41) is 9.66. The first-order chi connectivity index (χ1) is 17.5. The van der Waals surface area contributed by atoms with E-state index in [-0.39, 0.29) is 37.7 Å². The van der Waals surface area contributed by atoms with Crippen molar-refractivity contribution in [1.82, 2.24) is 19.8 Å². The van der Waals surface area contributed by atoms with E-state index in [9.17, 15) is 36.2 Å². The number of halogens is 6. The molecule has 0 aromatic carbocycles. The number of carbonyl (C=O) groups is 1. The number of aromatic nitrogens is 2.